The first-order chi connectivity index (χ1) is 15.8. The highest BCUT2D eigenvalue weighted by atomic mass is 16.1. The molecular weight excluding hydrogens is 400 g/mol. The topological polar surface area (TPSA) is 17.1 Å². The summed E-state index contributed by atoms with van der Waals surface area (Å²) >= 11 is 0. The van der Waals surface area contributed by atoms with Gasteiger partial charge in [0.2, 0.25) is 0 Å². The average Bonchev–Trinajstić information content (AvgIpc) is 2.80. The molecule has 0 aromatic heterocycles. The zero-order valence-electron chi connectivity index (χ0n) is 19.5. The van der Waals surface area contributed by atoms with Gasteiger partial charge >= 0.3 is 0 Å². The van der Waals surface area contributed by atoms with Crippen molar-refractivity contribution in [1.82, 2.24) is 0 Å². The number of benzene rings is 6. The van der Waals surface area contributed by atoms with Gasteiger partial charge in [0.25, 0.3) is 0 Å². The van der Waals surface area contributed by atoms with E-state index in [-0.39, 0.29) is 11.2 Å². The lowest BCUT2D eigenvalue weighted by Crippen LogP contribution is -2.10. The highest BCUT2D eigenvalue weighted by Crippen LogP contribution is 2.39. The molecule has 33 heavy (non-hydrogen) atoms. The van der Waals surface area contributed by atoms with E-state index in [0.29, 0.717) is 0 Å². The molecule has 0 saturated carbocycles. The molecule has 160 valence electrons. The monoisotopic (exact) mass is 426 g/mol. The Morgan fingerprint density at radius 2 is 1.00 bits per heavy atom. The van der Waals surface area contributed by atoms with Crippen LogP contribution in [0.5, 0.6) is 0 Å². The molecule has 6 aromatic rings. The summed E-state index contributed by atoms with van der Waals surface area (Å²) in [5, 5.41) is 10.1. The molecule has 0 atom stereocenters. The van der Waals surface area contributed by atoms with E-state index < -0.39 is 0 Å². The Hall–Kier alpha value is -3.71. The SMILES string of the molecule is CC(=O)c1ccc2cc(-c3cc4ccc5cc(C(C)(C)C)cc6ccc(c3)c4c56)ccc2c1. The van der Waals surface area contributed by atoms with Crippen molar-refractivity contribution in [2.75, 3.05) is 0 Å². The Morgan fingerprint density at radius 1 is 0.545 bits per heavy atom. The Kier molecular flexibility index (Phi) is 4.16. The van der Waals surface area contributed by atoms with Crippen molar-refractivity contribution in [3.05, 3.63) is 96.1 Å². The number of carbonyl (C=O) groups is 1. The van der Waals surface area contributed by atoms with Crippen LogP contribution in [0.3, 0.4) is 0 Å². The van der Waals surface area contributed by atoms with Crippen LogP contribution in [0.4, 0.5) is 0 Å². The smallest absolute Gasteiger partial charge is 0.159 e. The number of fused-ring (bicyclic) bond motifs is 1. The van der Waals surface area contributed by atoms with Gasteiger partial charge in [-0.3, -0.25) is 4.79 Å². The molecule has 0 aliphatic heterocycles. The van der Waals surface area contributed by atoms with Gasteiger partial charge in [0.05, 0.1) is 0 Å². The van der Waals surface area contributed by atoms with Crippen LogP contribution in [0.1, 0.15) is 43.6 Å². The lowest BCUT2D eigenvalue weighted by atomic mass is 9.83. The molecule has 1 nitrogen and oxygen atoms in total. The molecule has 0 amide bonds. The summed E-state index contributed by atoms with van der Waals surface area (Å²) in [6.07, 6.45) is 0. The molecule has 1 heteroatoms. The second kappa shape index (κ2) is 6.89. The van der Waals surface area contributed by atoms with Crippen LogP contribution in [0.15, 0.2) is 84.9 Å². The van der Waals surface area contributed by atoms with Crippen molar-refractivity contribution in [2.24, 2.45) is 0 Å². The predicted octanol–water partition coefficient (Wildman–Crippen LogP) is 8.90. The molecule has 6 aromatic carbocycles. The van der Waals surface area contributed by atoms with Crippen LogP contribution in [0, 0.1) is 0 Å². The number of rotatable bonds is 2. The Morgan fingerprint density at radius 3 is 1.55 bits per heavy atom. The first-order valence-corrected chi connectivity index (χ1v) is 11.6. The standard InChI is InChI=1S/C32H26O/c1-19(33)20-5-6-22-14-23(8-7-21(22)13-20)28-15-24-9-11-26-17-29(32(2,3)4)18-27-12-10-25(16-28)30(24)31(26)27/h5-18H,1-4H3. The second-order valence-corrected chi connectivity index (χ2v) is 10.3. The van der Waals surface area contributed by atoms with Gasteiger partial charge in [-0.15, -0.1) is 0 Å². The fraction of sp³-hybridized carbons (Fsp3) is 0.156. The van der Waals surface area contributed by atoms with Crippen molar-refractivity contribution in [1.29, 1.82) is 0 Å². The predicted molar refractivity (Wildman–Crippen MR) is 142 cm³/mol. The third kappa shape index (κ3) is 3.19. The van der Waals surface area contributed by atoms with Crippen molar-refractivity contribution >= 4 is 48.9 Å². The fourth-order valence-electron chi connectivity index (χ4n) is 5.08. The largest absolute Gasteiger partial charge is 0.295 e. The highest BCUT2D eigenvalue weighted by Gasteiger charge is 2.17. The van der Waals surface area contributed by atoms with Crippen LogP contribution in [0.25, 0.3) is 54.2 Å². The summed E-state index contributed by atoms with van der Waals surface area (Å²) in [6.45, 7) is 8.44. The van der Waals surface area contributed by atoms with E-state index in [2.05, 4.69) is 87.5 Å². The maximum atomic E-state index is 11.7. The molecule has 0 unspecified atom stereocenters. The first-order valence-electron chi connectivity index (χ1n) is 11.6. The second-order valence-electron chi connectivity index (χ2n) is 10.3. The maximum absolute atomic E-state index is 11.7. The van der Waals surface area contributed by atoms with E-state index in [1.807, 2.05) is 18.2 Å². The third-order valence-corrected chi connectivity index (χ3v) is 6.98. The first kappa shape index (κ1) is 19.9. The minimum absolute atomic E-state index is 0.0996. The highest BCUT2D eigenvalue weighted by molar-refractivity contribution is 6.24. The van der Waals surface area contributed by atoms with Crippen molar-refractivity contribution in [3.8, 4) is 11.1 Å². The Labute approximate surface area is 194 Å². The van der Waals surface area contributed by atoms with Gasteiger partial charge in [0.1, 0.15) is 0 Å². The lowest BCUT2D eigenvalue weighted by Gasteiger charge is -2.21. The summed E-state index contributed by atoms with van der Waals surface area (Å²) < 4.78 is 0. The van der Waals surface area contributed by atoms with Crippen molar-refractivity contribution in [3.63, 3.8) is 0 Å². The minimum Gasteiger partial charge on any atom is -0.295 e. The number of hydrogen-bond acceptors (Lipinski definition) is 1. The molecule has 0 radical (unpaired) electrons. The summed E-state index contributed by atoms with van der Waals surface area (Å²) in [5.74, 6) is 0.0996. The van der Waals surface area contributed by atoms with Gasteiger partial charge in [-0.05, 0) is 96.4 Å². The number of carbonyl (C=O) groups excluding carboxylic acids is 1. The third-order valence-electron chi connectivity index (χ3n) is 6.98. The minimum atomic E-state index is 0.0996. The maximum Gasteiger partial charge on any atom is 0.159 e. The van der Waals surface area contributed by atoms with E-state index in [1.165, 1.54) is 49.0 Å². The average molecular weight is 427 g/mol. The Balaban J connectivity index is 1.55. The van der Waals surface area contributed by atoms with Crippen molar-refractivity contribution < 1.29 is 4.79 Å². The molecule has 0 fully saturated rings. The zero-order chi connectivity index (χ0) is 22.9. The van der Waals surface area contributed by atoms with Crippen LogP contribution >= 0.6 is 0 Å². The number of Topliss-reactive ketones (excluding diaryl/α,β-unsaturated/α-hetero) is 1. The molecule has 6 rings (SSSR count). The molecule has 0 heterocycles. The zero-order valence-corrected chi connectivity index (χ0v) is 19.5. The summed E-state index contributed by atoms with van der Waals surface area (Å²) in [5.41, 5.74) is 4.66. The Bertz CT molecular complexity index is 1650. The van der Waals surface area contributed by atoms with E-state index in [4.69, 9.17) is 0 Å². The van der Waals surface area contributed by atoms with Gasteiger partial charge in [0, 0.05) is 5.56 Å². The normalized spacial score (nSPS) is 12.4. The molecule has 0 bridgehead atoms. The summed E-state index contributed by atoms with van der Waals surface area (Å²) in [7, 11) is 0. The van der Waals surface area contributed by atoms with E-state index in [0.717, 1.165) is 16.3 Å². The molecule has 0 aliphatic rings. The molecular formula is C32H26O. The molecule has 0 N–H and O–H groups in total. The molecule has 0 saturated heterocycles. The van der Waals surface area contributed by atoms with E-state index in [9.17, 15) is 4.79 Å². The van der Waals surface area contributed by atoms with Gasteiger partial charge in [-0.1, -0.05) is 81.4 Å². The molecule has 0 aliphatic carbocycles. The van der Waals surface area contributed by atoms with Gasteiger partial charge < -0.3 is 0 Å². The van der Waals surface area contributed by atoms with E-state index in [1.54, 1.807) is 6.92 Å². The molecule has 0 spiro atoms. The van der Waals surface area contributed by atoms with Crippen molar-refractivity contribution in [2.45, 2.75) is 33.1 Å². The van der Waals surface area contributed by atoms with Gasteiger partial charge in [0.15, 0.2) is 5.78 Å². The fourth-order valence-corrected chi connectivity index (χ4v) is 5.08. The van der Waals surface area contributed by atoms with E-state index >= 15 is 0 Å². The number of hydrogen-bond donors (Lipinski definition) is 0. The van der Waals surface area contributed by atoms with Gasteiger partial charge in [-0.25, -0.2) is 0 Å². The van der Waals surface area contributed by atoms with Crippen LogP contribution in [0.2, 0.25) is 0 Å². The van der Waals surface area contributed by atoms with Crippen LogP contribution in [-0.4, -0.2) is 5.78 Å². The lowest BCUT2D eigenvalue weighted by molar-refractivity contribution is 0.101. The quantitative estimate of drug-likeness (QED) is 0.199. The summed E-state index contributed by atoms with van der Waals surface area (Å²) in [4.78, 5) is 11.7. The number of ketones is 1. The van der Waals surface area contributed by atoms with Crippen LogP contribution < -0.4 is 0 Å². The van der Waals surface area contributed by atoms with Crippen LogP contribution in [-0.2, 0) is 5.41 Å². The summed E-state index contributed by atoms with van der Waals surface area (Å²) in [6, 6.07) is 30.9. The van der Waals surface area contributed by atoms with Gasteiger partial charge in [-0.2, -0.15) is 0 Å².